The maximum Gasteiger partial charge on any atom is 0.247 e. The first kappa shape index (κ1) is 13.8. The number of carbonyl (C=O) groups excluding carboxylic acids is 1. The van der Waals surface area contributed by atoms with E-state index in [1.807, 2.05) is 0 Å². The molecule has 1 amide bonds. The maximum atomic E-state index is 11.4. The van der Waals surface area contributed by atoms with Gasteiger partial charge in [-0.05, 0) is 18.1 Å². The van der Waals surface area contributed by atoms with Crippen LogP contribution in [-0.2, 0) is 4.79 Å². The Labute approximate surface area is 91.2 Å². The fourth-order valence-electron chi connectivity index (χ4n) is 0.836. The molecule has 0 heterocycles. The van der Waals surface area contributed by atoms with Crippen molar-refractivity contribution in [3.63, 3.8) is 0 Å². The van der Waals surface area contributed by atoms with E-state index in [9.17, 15) is 4.79 Å². The lowest BCUT2D eigenvalue weighted by Gasteiger charge is -2.12. The summed E-state index contributed by atoms with van der Waals surface area (Å²) >= 11 is 1.53. The van der Waals surface area contributed by atoms with Gasteiger partial charge in [-0.1, -0.05) is 27.2 Å². The van der Waals surface area contributed by atoms with Gasteiger partial charge < -0.3 is 11.1 Å². The molecule has 4 heteroatoms. The number of carbonyl (C=O) groups is 1. The number of hydrogen-bond donors (Lipinski definition) is 2. The van der Waals surface area contributed by atoms with E-state index in [1.54, 1.807) is 0 Å². The Hall–Kier alpha value is -0.220. The zero-order chi connectivity index (χ0) is 11.0. The average molecular weight is 218 g/mol. The third kappa shape index (κ3) is 7.21. The molecule has 0 rings (SSSR count). The van der Waals surface area contributed by atoms with Gasteiger partial charge in [0.15, 0.2) is 0 Å². The summed E-state index contributed by atoms with van der Waals surface area (Å²) in [4.78, 5) is 11.4. The molecule has 0 saturated heterocycles. The van der Waals surface area contributed by atoms with Gasteiger partial charge in [-0.15, -0.1) is 11.8 Å². The Morgan fingerprint density at radius 2 is 2.14 bits per heavy atom. The molecule has 0 aliphatic rings. The van der Waals surface area contributed by atoms with Crippen LogP contribution in [0.5, 0.6) is 0 Å². The smallest absolute Gasteiger partial charge is 0.247 e. The van der Waals surface area contributed by atoms with Crippen LogP contribution < -0.4 is 11.1 Å². The number of nitrogens with one attached hydrogen (secondary N) is 1. The number of hydrogen-bond acceptors (Lipinski definition) is 3. The number of rotatable bonds is 7. The average Bonchev–Trinajstić information content (AvgIpc) is 2.14. The molecule has 3 N–H and O–H groups in total. The van der Waals surface area contributed by atoms with Crippen LogP contribution in [0.25, 0.3) is 0 Å². The molecule has 84 valence electrons. The lowest BCUT2D eigenvalue weighted by atomic mass is 10.2. The van der Waals surface area contributed by atoms with E-state index < -0.39 is 5.37 Å². The zero-order valence-corrected chi connectivity index (χ0v) is 10.2. The molecular weight excluding hydrogens is 196 g/mol. The second-order valence-electron chi connectivity index (χ2n) is 3.78. The summed E-state index contributed by atoms with van der Waals surface area (Å²) in [5.41, 5.74) is 5.70. The predicted molar refractivity (Wildman–Crippen MR) is 63.2 cm³/mol. The number of thioether (sulfide) groups is 1. The van der Waals surface area contributed by atoms with Gasteiger partial charge in [0.25, 0.3) is 0 Å². The Morgan fingerprint density at radius 1 is 1.50 bits per heavy atom. The van der Waals surface area contributed by atoms with Crippen LogP contribution >= 0.6 is 11.8 Å². The maximum absolute atomic E-state index is 11.4. The van der Waals surface area contributed by atoms with Crippen molar-refractivity contribution >= 4 is 17.7 Å². The molecule has 0 fully saturated rings. The van der Waals surface area contributed by atoms with E-state index in [0.29, 0.717) is 12.5 Å². The van der Waals surface area contributed by atoms with E-state index in [0.717, 1.165) is 18.6 Å². The molecular formula is C10H22N2OS. The summed E-state index contributed by atoms with van der Waals surface area (Å²) in [6, 6.07) is 0. The largest absolute Gasteiger partial charge is 0.354 e. The summed E-state index contributed by atoms with van der Waals surface area (Å²) in [6.07, 6.45) is 2.27. The van der Waals surface area contributed by atoms with Gasteiger partial charge in [-0.25, -0.2) is 0 Å². The van der Waals surface area contributed by atoms with E-state index in [1.165, 1.54) is 11.8 Å². The minimum atomic E-state index is -0.403. The second kappa shape index (κ2) is 8.12. The summed E-state index contributed by atoms with van der Waals surface area (Å²) in [6.45, 7) is 6.97. The van der Waals surface area contributed by atoms with Crippen LogP contribution in [0.1, 0.15) is 33.6 Å². The Kier molecular flexibility index (Phi) is 7.99. The Morgan fingerprint density at radius 3 is 2.64 bits per heavy atom. The highest BCUT2D eigenvalue weighted by Crippen LogP contribution is 2.08. The highest BCUT2D eigenvalue weighted by molar-refractivity contribution is 8.00. The van der Waals surface area contributed by atoms with Crippen molar-refractivity contribution in [3.8, 4) is 0 Å². The summed E-state index contributed by atoms with van der Waals surface area (Å²) < 4.78 is 0. The number of amides is 1. The SMILES string of the molecule is CCCCSC(N)C(=O)NCC(C)C. The summed E-state index contributed by atoms with van der Waals surface area (Å²) in [5, 5.41) is 2.42. The third-order valence-electron chi connectivity index (χ3n) is 1.74. The molecule has 0 bridgehead atoms. The van der Waals surface area contributed by atoms with Gasteiger partial charge in [0.05, 0.1) is 0 Å². The van der Waals surface area contributed by atoms with Crippen LogP contribution in [0.15, 0.2) is 0 Å². The van der Waals surface area contributed by atoms with Crippen molar-refractivity contribution in [2.45, 2.75) is 39.0 Å². The van der Waals surface area contributed by atoms with Crippen molar-refractivity contribution in [2.24, 2.45) is 11.7 Å². The van der Waals surface area contributed by atoms with Crippen molar-refractivity contribution < 1.29 is 4.79 Å². The molecule has 0 aliphatic carbocycles. The topological polar surface area (TPSA) is 55.1 Å². The lowest BCUT2D eigenvalue weighted by Crippen LogP contribution is -2.40. The van der Waals surface area contributed by atoms with Gasteiger partial charge in [0.1, 0.15) is 5.37 Å². The molecule has 1 atom stereocenters. The molecule has 0 saturated carbocycles. The first-order chi connectivity index (χ1) is 6.57. The minimum absolute atomic E-state index is 0.0418. The van der Waals surface area contributed by atoms with Crippen LogP contribution in [0, 0.1) is 5.92 Å². The lowest BCUT2D eigenvalue weighted by molar-refractivity contribution is -0.120. The quantitative estimate of drug-likeness (QED) is 0.504. The fourth-order valence-corrected chi connectivity index (χ4v) is 1.78. The minimum Gasteiger partial charge on any atom is -0.354 e. The first-order valence-electron chi connectivity index (χ1n) is 5.22. The predicted octanol–water partition coefficient (Wildman–Crippen LogP) is 1.58. The molecule has 14 heavy (non-hydrogen) atoms. The molecule has 1 unspecified atom stereocenters. The standard InChI is InChI=1S/C10H22N2OS/c1-4-5-6-14-9(11)10(13)12-7-8(2)3/h8-9H,4-7,11H2,1-3H3,(H,12,13). The molecule has 0 spiro atoms. The van der Waals surface area contributed by atoms with E-state index in [2.05, 4.69) is 26.1 Å². The van der Waals surface area contributed by atoms with E-state index in [4.69, 9.17) is 5.73 Å². The van der Waals surface area contributed by atoms with Gasteiger partial charge >= 0.3 is 0 Å². The molecule has 0 aliphatic heterocycles. The molecule has 0 aromatic rings. The number of nitrogens with two attached hydrogens (primary N) is 1. The van der Waals surface area contributed by atoms with Gasteiger partial charge in [0, 0.05) is 6.54 Å². The highest BCUT2D eigenvalue weighted by atomic mass is 32.2. The molecule has 0 aromatic heterocycles. The number of unbranched alkanes of at least 4 members (excludes halogenated alkanes) is 1. The van der Waals surface area contributed by atoms with Gasteiger partial charge in [-0.3, -0.25) is 4.79 Å². The van der Waals surface area contributed by atoms with Crippen molar-refractivity contribution in [3.05, 3.63) is 0 Å². The van der Waals surface area contributed by atoms with Crippen molar-refractivity contribution in [1.82, 2.24) is 5.32 Å². The third-order valence-corrected chi connectivity index (χ3v) is 2.84. The second-order valence-corrected chi connectivity index (χ2v) is 5.03. The van der Waals surface area contributed by atoms with Crippen LogP contribution in [0.4, 0.5) is 0 Å². The molecule has 0 aromatic carbocycles. The molecule has 3 nitrogen and oxygen atoms in total. The summed E-state index contributed by atoms with van der Waals surface area (Å²) in [5.74, 6) is 1.40. The van der Waals surface area contributed by atoms with Gasteiger partial charge in [0.2, 0.25) is 5.91 Å². The highest BCUT2D eigenvalue weighted by Gasteiger charge is 2.12. The Balaban J connectivity index is 3.54. The van der Waals surface area contributed by atoms with Gasteiger partial charge in [-0.2, -0.15) is 0 Å². The molecule has 0 radical (unpaired) electrons. The normalized spacial score (nSPS) is 12.9. The Bertz CT molecular complexity index is 162. The van der Waals surface area contributed by atoms with Crippen molar-refractivity contribution in [1.29, 1.82) is 0 Å². The van der Waals surface area contributed by atoms with E-state index in [-0.39, 0.29) is 5.91 Å². The zero-order valence-electron chi connectivity index (χ0n) is 9.38. The fraction of sp³-hybridized carbons (Fsp3) is 0.900. The van der Waals surface area contributed by atoms with Crippen LogP contribution in [0.2, 0.25) is 0 Å². The summed E-state index contributed by atoms with van der Waals surface area (Å²) in [7, 11) is 0. The van der Waals surface area contributed by atoms with E-state index >= 15 is 0 Å². The van der Waals surface area contributed by atoms with Crippen LogP contribution in [-0.4, -0.2) is 23.6 Å². The van der Waals surface area contributed by atoms with Crippen molar-refractivity contribution in [2.75, 3.05) is 12.3 Å². The van der Waals surface area contributed by atoms with Crippen LogP contribution in [0.3, 0.4) is 0 Å². The first-order valence-corrected chi connectivity index (χ1v) is 6.27. The monoisotopic (exact) mass is 218 g/mol.